The molecule has 0 spiro atoms. The van der Waals surface area contributed by atoms with Gasteiger partial charge in [-0.3, -0.25) is 0 Å². The molecule has 3 heterocycles. The molecular formula is C31H28FN5O2. The second kappa shape index (κ2) is 10.1. The summed E-state index contributed by atoms with van der Waals surface area (Å²) in [6.07, 6.45) is 2.69. The summed E-state index contributed by atoms with van der Waals surface area (Å²) in [6.45, 7) is 2.38. The van der Waals surface area contributed by atoms with Crippen molar-refractivity contribution in [2.24, 2.45) is 0 Å². The molecule has 7 nitrogen and oxygen atoms in total. The van der Waals surface area contributed by atoms with E-state index in [-0.39, 0.29) is 11.8 Å². The van der Waals surface area contributed by atoms with Crippen molar-refractivity contribution in [1.82, 2.24) is 19.2 Å². The minimum absolute atomic E-state index is 0.285. The summed E-state index contributed by atoms with van der Waals surface area (Å²) in [6, 6.07) is 26.8. The zero-order valence-corrected chi connectivity index (χ0v) is 21.7. The van der Waals surface area contributed by atoms with Crippen LogP contribution in [0.5, 0.6) is 5.75 Å². The van der Waals surface area contributed by atoms with Crippen LogP contribution in [0, 0.1) is 5.82 Å². The normalized spacial score (nSPS) is 14.3. The van der Waals surface area contributed by atoms with Gasteiger partial charge in [0.25, 0.3) is 0 Å². The third-order valence-corrected chi connectivity index (χ3v) is 7.07. The lowest BCUT2D eigenvalue weighted by molar-refractivity contribution is 0.194. The number of aromatic nitrogens is 3. The number of hydrogen-bond donors (Lipinski definition) is 1. The second-order valence-corrected chi connectivity index (χ2v) is 9.40. The van der Waals surface area contributed by atoms with Crippen molar-refractivity contribution >= 4 is 11.7 Å². The number of aryl methyl sites for hydroxylation is 1. The number of anilines is 1. The van der Waals surface area contributed by atoms with E-state index in [0.717, 1.165) is 34.0 Å². The SMILES string of the molecule is CCc1nn(-c2ccccc2)c2c1CN(C(=O)Nc1cccc(OC)c1)C(c1ccc(F)cc1)c1cccn1-2. The molecule has 0 fully saturated rings. The molecule has 39 heavy (non-hydrogen) atoms. The molecule has 0 radical (unpaired) electrons. The highest BCUT2D eigenvalue weighted by molar-refractivity contribution is 5.90. The van der Waals surface area contributed by atoms with Crippen molar-refractivity contribution in [3.63, 3.8) is 0 Å². The predicted octanol–water partition coefficient (Wildman–Crippen LogP) is 6.51. The molecule has 8 heteroatoms. The molecule has 2 aromatic heterocycles. The Morgan fingerprint density at radius 2 is 1.82 bits per heavy atom. The Bertz CT molecular complexity index is 1620. The molecule has 0 saturated carbocycles. The van der Waals surface area contributed by atoms with E-state index in [1.807, 2.05) is 71.5 Å². The van der Waals surface area contributed by atoms with E-state index in [4.69, 9.17) is 9.84 Å². The summed E-state index contributed by atoms with van der Waals surface area (Å²) >= 11 is 0. The third-order valence-electron chi connectivity index (χ3n) is 7.07. The Labute approximate surface area is 226 Å². The van der Waals surface area contributed by atoms with E-state index in [2.05, 4.69) is 16.8 Å². The summed E-state index contributed by atoms with van der Waals surface area (Å²) in [5.74, 6) is 1.21. The van der Waals surface area contributed by atoms with Crippen LogP contribution in [0.2, 0.25) is 0 Å². The molecular weight excluding hydrogens is 493 g/mol. The average molecular weight is 522 g/mol. The van der Waals surface area contributed by atoms with Gasteiger partial charge in [0.1, 0.15) is 17.4 Å². The van der Waals surface area contributed by atoms with Crippen LogP contribution < -0.4 is 10.1 Å². The maximum Gasteiger partial charge on any atom is 0.322 e. The average Bonchev–Trinajstić information content (AvgIpc) is 3.55. The van der Waals surface area contributed by atoms with Crippen LogP contribution in [0.4, 0.5) is 14.9 Å². The number of fused-ring (bicyclic) bond motifs is 3. The number of carbonyl (C=O) groups is 1. The number of amides is 2. The summed E-state index contributed by atoms with van der Waals surface area (Å²) in [4.78, 5) is 15.8. The molecule has 1 aliphatic rings. The van der Waals surface area contributed by atoms with Gasteiger partial charge in [0.2, 0.25) is 0 Å². The van der Waals surface area contributed by atoms with Crippen LogP contribution in [0.25, 0.3) is 11.5 Å². The number of urea groups is 1. The van der Waals surface area contributed by atoms with Crippen molar-refractivity contribution < 1.29 is 13.9 Å². The van der Waals surface area contributed by atoms with Crippen LogP contribution in [0.1, 0.15) is 35.5 Å². The number of nitrogens with zero attached hydrogens (tertiary/aromatic N) is 4. The number of methoxy groups -OCH3 is 1. The molecule has 3 aromatic carbocycles. The summed E-state index contributed by atoms with van der Waals surface area (Å²) in [7, 11) is 1.59. The number of para-hydroxylation sites is 1. The van der Waals surface area contributed by atoms with Gasteiger partial charge < -0.3 is 19.5 Å². The summed E-state index contributed by atoms with van der Waals surface area (Å²) in [5.41, 5.74) is 5.10. The highest BCUT2D eigenvalue weighted by Gasteiger charge is 2.36. The molecule has 1 unspecified atom stereocenters. The number of ether oxygens (including phenoxy) is 1. The van der Waals surface area contributed by atoms with Crippen LogP contribution >= 0.6 is 0 Å². The van der Waals surface area contributed by atoms with Crippen molar-refractivity contribution in [3.8, 4) is 17.3 Å². The van der Waals surface area contributed by atoms with E-state index < -0.39 is 6.04 Å². The lowest BCUT2D eigenvalue weighted by Gasteiger charge is -2.31. The highest BCUT2D eigenvalue weighted by atomic mass is 19.1. The first-order valence-corrected chi connectivity index (χ1v) is 12.9. The molecule has 2 amide bonds. The fourth-order valence-corrected chi connectivity index (χ4v) is 5.24. The zero-order chi connectivity index (χ0) is 26.9. The van der Waals surface area contributed by atoms with Crippen LogP contribution in [0.15, 0.2) is 97.2 Å². The van der Waals surface area contributed by atoms with Crippen LogP contribution in [-0.4, -0.2) is 32.4 Å². The standard InChI is InChI=1S/C31H28FN5O2/c1-3-27-26-20-36(31(38)33-23-9-7-12-25(19-23)39-2)29(21-14-16-22(32)17-15-21)28-13-8-18-35(28)30(26)37(34-27)24-10-5-4-6-11-24/h4-19,29H,3,20H2,1-2H3,(H,33,38). The van der Waals surface area contributed by atoms with E-state index in [9.17, 15) is 9.18 Å². The minimum atomic E-state index is -0.479. The molecule has 1 atom stereocenters. The number of rotatable bonds is 5. The monoisotopic (exact) mass is 521 g/mol. The number of benzene rings is 3. The van der Waals surface area contributed by atoms with E-state index in [1.54, 1.807) is 30.2 Å². The Morgan fingerprint density at radius 3 is 2.56 bits per heavy atom. The van der Waals surface area contributed by atoms with Crippen molar-refractivity contribution in [2.45, 2.75) is 25.9 Å². The van der Waals surface area contributed by atoms with Gasteiger partial charge >= 0.3 is 6.03 Å². The topological polar surface area (TPSA) is 64.3 Å². The molecule has 0 saturated heterocycles. The highest BCUT2D eigenvalue weighted by Crippen LogP contribution is 2.39. The number of nitrogens with one attached hydrogen (secondary N) is 1. The van der Waals surface area contributed by atoms with Gasteiger partial charge in [-0.05, 0) is 60.5 Å². The fourth-order valence-electron chi connectivity index (χ4n) is 5.24. The van der Waals surface area contributed by atoms with Gasteiger partial charge in [-0.1, -0.05) is 43.3 Å². The van der Waals surface area contributed by atoms with Crippen molar-refractivity contribution in [3.05, 3.63) is 126 Å². The van der Waals surface area contributed by atoms with Crippen molar-refractivity contribution in [2.75, 3.05) is 12.4 Å². The molecule has 6 rings (SSSR count). The first kappa shape index (κ1) is 24.5. The minimum Gasteiger partial charge on any atom is -0.497 e. The van der Waals surface area contributed by atoms with E-state index in [0.29, 0.717) is 24.4 Å². The number of halogens is 1. The van der Waals surface area contributed by atoms with Gasteiger partial charge in [0.15, 0.2) is 0 Å². The lowest BCUT2D eigenvalue weighted by atomic mass is 10.0. The van der Waals surface area contributed by atoms with Gasteiger partial charge in [0.05, 0.1) is 36.8 Å². The second-order valence-electron chi connectivity index (χ2n) is 9.40. The first-order valence-electron chi connectivity index (χ1n) is 12.9. The Morgan fingerprint density at radius 1 is 1.03 bits per heavy atom. The molecule has 0 aliphatic carbocycles. The molecule has 1 aliphatic heterocycles. The van der Waals surface area contributed by atoms with Crippen molar-refractivity contribution in [1.29, 1.82) is 0 Å². The molecule has 0 bridgehead atoms. The van der Waals surface area contributed by atoms with Gasteiger partial charge in [0, 0.05) is 23.5 Å². The quantitative estimate of drug-likeness (QED) is 0.287. The summed E-state index contributed by atoms with van der Waals surface area (Å²) < 4.78 is 23.4. The molecule has 196 valence electrons. The van der Waals surface area contributed by atoms with Crippen LogP contribution in [-0.2, 0) is 13.0 Å². The maximum atomic E-state index is 14.1. The van der Waals surface area contributed by atoms with Gasteiger partial charge in [-0.2, -0.15) is 5.10 Å². The van der Waals surface area contributed by atoms with Gasteiger partial charge in [-0.15, -0.1) is 0 Å². The molecule has 1 N–H and O–H groups in total. The number of carbonyl (C=O) groups excluding carboxylic acids is 1. The van der Waals surface area contributed by atoms with E-state index >= 15 is 0 Å². The first-order chi connectivity index (χ1) is 19.1. The third kappa shape index (κ3) is 4.44. The zero-order valence-electron chi connectivity index (χ0n) is 21.7. The maximum absolute atomic E-state index is 14.1. The number of hydrogen-bond acceptors (Lipinski definition) is 3. The van der Waals surface area contributed by atoms with Gasteiger partial charge in [-0.25, -0.2) is 13.9 Å². The molecule has 5 aromatic rings. The largest absolute Gasteiger partial charge is 0.497 e. The Kier molecular flexibility index (Phi) is 6.36. The lowest BCUT2D eigenvalue weighted by Crippen LogP contribution is -2.38. The Balaban J connectivity index is 1.53. The Hall–Kier alpha value is -4.85. The predicted molar refractivity (Wildman–Crippen MR) is 148 cm³/mol. The fraction of sp³-hybridized carbons (Fsp3) is 0.161. The summed E-state index contributed by atoms with van der Waals surface area (Å²) in [5, 5.41) is 8.03. The smallest absolute Gasteiger partial charge is 0.322 e. The van der Waals surface area contributed by atoms with Crippen LogP contribution in [0.3, 0.4) is 0 Å². The van der Waals surface area contributed by atoms with E-state index in [1.165, 1.54) is 12.1 Å².